The number of aromatic nitrogens is 1. The van der Waals surface area contributed by atoms with Crippen LogP contribution in [0.5, 0.6) is 0 Å². The Morgan fingerprint density at radius 1 is 1.15 bits per heavy atom. The fourth-order valence-corrected chi connectivity index (χ4v) is 4.41. The lowest BCUT2D eigenvalue weighted by Gasteiger charge is -2.21. The minimum Gasteiger partial charge on any atom is -0.388 e. The molecule has 0 spiro atoms. The van der Waals surface area contributed by atoms with E-state index in [1.54, 1.807) is 48.8 Å². The van der Waals surface area contributed by atoms with Crippen LogP contribution in [0.3, 0.4) is 0 Å². The van der Waals surface area contributed by atoms with Gasteiger partial charge in [-0.05, 0) is 42.8 Å². The van der Waals surface area contributed by atoms with E-state index in [2.05, 4.69) is 15.2 Å². The van der Waals surface area contributed by atoms with Crippen molar-refractivity contribution in [1.29, 1.82) is 0 Å². The number of nitro benzene ring substituents is 1. The fourth-order valence-electron chi connectivity index (χ4n) is 3.76. The molecule has 0 fully saturated rings. The Morgan fingerprint density at radius 3 is 2.55 bits per heavy atom. The van der Waals surface area contributed by atoms with Gasteiger partial charge in [-0.1, -0.05) is 36.2 Å². The lowest BCUT2D eigenvalue weighted by atomic mass is 9.92. The summed E-state index contributed by atoms with van der Waals surface area (Å²) in [5, 5.41) is 31.8. The van der Waals surface area contributed by atoms with Crippen molar-refractivity contribution in [3.05, 3.63) is 103 Å². The van der Waals surface area contributed by atoms with E-state index >= 15 is 0 Å². The lowest BCUT2D eigenvalue weighted by Crippen LogP contribution is -2.19. The fraction of sp³-hybridized carbons (Fsp3) is 0.217. The molecule has 0 saturated carbocycles. The number of amidine groups is 1. The Balaban J connectivity index is 1.74. The highest BCUT2D eigenvalue weighted by atomic mass is 35.5. The van der Waals surface area contributed by atoms with Gasteiger partial charge in [-0.2, -0.15) is 5.11 Å². The molecule has 168 valence electrons. The first-order chi connectivity index (χ1) is 15.8. The van der Waals surface area contributed by atoms with Crippen LogP contribution in [0.2, 0.25) is 10.0 Å². The molecule has 0 radical (unpaired) electrons. The van der Waals surface area contributed by atoms with Crippen molar-refractivity contribution in [2.75, 3.05) is 0 Å². The molecule has 1 aromatic heterocycles. The van der Waals surface area contributed by atoms with Crippen molar-refractivity contribution in [2.24, 2.45) is 15.2 Å². The number of hydrogen-bond donors (Lipinski definition) is 1. The van der Waals surface area contributed by atoms with Crippen LogP contribution in [0.1, 0.15) is 41.7 Å². The van der Waals surface area contributed by atoms with E-state index in [9.17, 15) is 15.2 Å². The van der Waals surface area contributed by atoms with Crippen molar-refractivity contribution < 1.29 is 10.0 Å². The molecule has 33 heavy (non-hydrogen) atoms. The van der Waals surface area contributed by atoms with Gasteiger partial charge in [-0.3, -0.25) is 15.1 Å². The maximum absolute atomic E-state index is 11.7. The highest BCUT2D eigenvalue weighted by Crippen LogP contribution is 2.40. The second-order valence-electron chi connectivity index (χ2n) is 7.50. The van der Waals surface area contributed by atoms with Crippen LogP contribution < -0.4 is 0 Å². The van der Waals surface area contributed by atoms with Crippen molar-refractivity contribution in [2.45, 2.75) is 31.5 Å². The van der Waals surface area contributed by atoms with Gasteiger partial charge in [-0.15, -0.1) is 5.11 Å². The molecule has 0 amide bonds. The summed E-state index contributed by atoms with van der Waals surface area (Å²) in [6.45, 7) is 1.91. The van der Waals surface area contributed by atoms with Crippen LogP contribution in [0.15, 0.2) is 76.1 Å². The first-order valence-electron chi connectivity index (χ1n) is 10.2. The quantitative estimate of drug-likeness (QED) is 0.325. The number of aliphatic imine (C=N–C) groups is 1. The zero-order valence-electron chi connectivity index (χ0n) is 17.5. The summed E-state index contributed by atoms with van der Waals surface area (Å²) in [4.78, 5) is 20.0. The van der Waals surface area contributed by atoms with E-state index in [1.165, 1.54) is 6.07 Å². The van der Waals surface area contributed by atoms with Crippen LogP contribution in [0.25, 0.3) is 0 Å². The van der Waals surface area contributed by atoms with Crippen LogP contribution in [0, 0.1) is 10.1 Å². The summed E-state index contributed by atoms with van der Waals surface area (Å²) in [5.41, 5.74) is 0.839. The van der Waals surface area contributed by atoms with Gasteiger partial charge in [-0.25, -0.2) is 4.99 Å². The van der Waals surface area contributed by atoms with Gasteiger partial charge in [0.1, 0.15) is 0 Å². The Morgan fingerprint density at radius 2 is 1.91 bits per heavy atom. The smallest absolute Gasteiger partial charge is 0.272 e. The van der Waals surface area contributed by atoms with E-state index in [-0.39, 0.29) is 22.2 Å². The lowest BCUT2D eigenvalue weighted by molar-refractivity contribution is -0.385. The number of hydrogen-bond acceptors (Lipinski definition) is 7. The van der Waals surface area contributed by atoms with Gasteiger partial charge in [0.2, 0.25) is 0 Å². The summed E-state index contributed by atoms with van der Waals surface area (Å²) in [7, 11) is 0. The summed E-state index contributed by atoms with van der Waals surface area (Å²) in [5.74, 6) is 0.438. The summed E-state index contributed by atoms with van der Waals surface area (Å²) < 4.78 is 0. The number of benzene rings is 2. The Kier molecular flexibility index (Phi) is 6.51. The Hall–Kier alpha value is -3.20. The maximum atomic E-state index is 11.7. The molecule has 1 N–H and O–H groups in total. The third-order valence-corrected chi connectivity index (χ3v) is 6.16. The molecule has 0 bridgehead atoms. The molecule has 4 rings (SSSR count). The number of nitrogens with zero attached hydrogens (tertiary/aromatic N) is 5. The standard InChI is InChI=1S/C23H19Cl2N5O3/c1-2-23(27-22(28-29-23)14-5-4-10-26-13-14)16-8-9-19(30(32)33)15(11-16)12-20(31)21-17(24)6-3-7-18(21)25/h3-11,13,20,31H,2,12H2,1H3. The Labute approximate surface area is 199 Å². The monoisotopic (exact) mass is 483 g/mol. The molecule has 0 aliphatic carbocycles. The third-order valence-electron chi connectivity index (χ3n) is 5.50. The second-order valence-corrected chi connectivity index (χ2v) is 8.32. The number of azo groups is 1. The average molecular weight is 484 g/mol. The van der Waals surface area contributed by atoms with E-state index in [0.717, 1.165) is 5.56 Å². The average Bonchev–Trinajstić information content (AvgIpc) is 3.25. The van der Waals surface area contributed by atoms with Gasteiger partial charge in [0.15, 0.2) is 11.5 Å². The molecule has 3 aromatic rings. The van der Waals surface area contributed by atoms with Crippen LogP contribution >= 0.6 is 23.2 Å². The molecule has 2 aromatic carbocycles. The van der Waals surface area contributed by atoms with Gasteiger partial charge in [0.25, 0.3) is 5.69 Å². The van der Waals surface area contributed by atoms with Gasteiger partial charge >= 0.3 is 0 Å². The molecule has 1 aliphatic rings. The molecular weight excluding hydrogens is 465 g/mol. The molecule has 0 saturated heterocycles. The molecule has 10 heteroatoms. The second kappa shape index (κ2) is 9.35. The molecule has 2 atom stereocenters. The topological polar surface area (TPSA) is 113 Å². The number of pyridine rings is 1. The van der Waals surface area contributed by atoms with E-state index in [0.29, 0.717) is 28.9 Å². The summed E-state index contributed by atoms with van der Waals surface area (Å²) in [6.07, 6.45) is 2.58. The largest absolute Gasteiger partial charge is 0.388 e. The predicted octanol–water partition coefficient (Wildman–Crippen LogP) is 6.05. The summed E-state index contributed by atoms with van der Waals surface area (Å²) in [6, 6.07) is 13.2. The summed E-state index contributed by atoms with van der Waals surface area (Å²) >= 11 is 12.4. The molecule has 2 heterocycles. The van der Waals surface area contributed by atoms with E-state index in [4.69, 9.17) is 28.2 Å². The minimum atomic E-state index is -1.14. The third kappa shape index (κ3) is 4.50. The van der Waals surface area contributed by atoms with Gasteiger partial charge in [0, 0.05) is 57.2 Å². The molecule has 2 unspecified atom stereocenters. The van der Waals surface area contributed by atoms with E-state index in [1.807, 2.05) is 13.0 Å². The minimum absolute atomic E-state index is 0.0658. The van der Waals surface area contributed by atoms with Crippen LogP contribution in [0.4, 0.5) is 5.69 Å². The van der Waals surface area contributed by atoms with Crippen molar-refractivity contribution in [3.63, 3.8) is 0 Å². The van der Waals surface area contributed by atoms with Crippen LogP contribution in [-0.2, 0) is 12.1 Å². The zero-order chi connectivity index (χ0) is 23.6. The van der Waals surface area contributed by atoms with Crippen molar-refractivity contribution in [3.8, 4) is 0 Å². The number of halogens is 2. The molecule has 8 nitrogen and oxygen atoms in total. The van der Waals surface area contributed by atoms with Crippen molar-refractivity contribution >= 4 is 34.7 Å². The molecule has 1 aliphatic heterocycles. The van der Waals surface area contributed by atoms with Crippen LogP contribution in [-0.4, -0.2) is 20.8 Å². The number of aliphatic hydroxyl groups excluding tert-OH is 1. The zero-order valence-corrected chi connectivity index (χ0v) is 19.0. The number of rotatable bonds is 7. The highest BCUT2D eigenvalue weighted by Gasteiger charge is 2.36. The molecular formula is C23H19Cl2N5O3. The van der Waals surface area contributed by atoms with Gasteiger partial charge < -0.3 is 5.11 Å². The van der Waals surface area contributed by atoms with Gasteiger partial charge in [0.05, 0.1) is 11.0 Å². The van der Waals surface area contributed by atoms with Crippen molar-refractivity contribution in [1.82, 2.24) is 4.98 Å². The predicted molar refractivity (Wildman–Crippen MR) is 126 cm³/mol. The highest BCUT2D eigenvalue weighted by molar-refractivity contribution is 6.36. The maximum Gasteiger partial charge on any atom is 0.272 e. The normalized spacial score (nSPS) is 18.2. The van der Waals surface area contributed by atoms with E-state index < -0.39 is 16.7 Å². The Bertz CT molecular complexity index is 1250. The SMILES string of the molecule is CCC1(c2ccc([N+](=O)[O-])c(CC(O)c3c(Cl)cccc3Cl)c2)N=NC(c2cccnc2)=N1. The first-order valence-corrected chi connectivity index (χ1v) is 10.9. The number of aliphatic hydroxyl groups is 1. The number of nitro groups is 1. The first kappa shape index (κ1) is 23.0.